The van der Waals surface area contributed by atoms with Gasteiger partial charge in [0.05, 0.1) is 11.7 Å². The maximum absolute atomic E-state index is 6.36. The minimum atomic E-state index is 0. The first kappa shape index (κ1) is 20.1. The van der Waals surface area contributed by atoms with Gasteiger partial charge in [0.15, 0.2) is 0 Å². The van der Waals surface area contributed by atoms with Crippen LogP contribution < -0.4 is 10.1 Å². The highest BCUT2D eigenvalue weighted by Crippen LogP contribution is 2.30. The van der Waals surface area contributed by atoms with E-state index in [9.17, 15) is 0 Å². The van der Waals surface area contributed by atoms with Gasteiger partial charge in [-0.05, 0) is 63.1 Å². The molecule has 4 nitrogen and oxygen atoms in total. The zero-order valence-electron chi connectivity index (χ0n) is 15.9. The number of aromatic amines is 1. The van der Waals surface area contributed by atoms with Gasteiger partial charge >= 0.3 is 0 Å². The van der Waals surface area contributed by atoms with Crippen LogP contribution in [0.4, 0.5) is 0 Å². The number of H-pyrrole nitrogens is 1. The van der Waals surface area contributed by atoms with E-state index in [4.69, 9.17) is 4.74 Å². The minimum absolute atomic E-state index is 0. The van der Waals surface area contributed by atoms with Crippen LogP contribution in [-0.2, 0) is 0 Å². The van der Waals surface area contributed by atoms with E-state index in [0.717, 1.165) is 36.0 Å². The number of aromatic nitrogens is 2. The molecule has 0 radical (unpaired) electrons. The van der Waals surface area contributed by atoms with Crippen LogP contribution >= 0.6 is 12.4 Å². The first-order valence-corrected chi connectivity index (χ1v) is 9.25. The van der Waals surface area contributed by atoms with Crippen LogP contribution in [0.25, 0.3) is 10.9 Å². The number of halogens is 1. The summed E-state index contributed by atoms with van der Waals surface area (Å²) in [6.07, 6.45) is 8.18. The number of aryl methyl sites for hydroxylation is 1. The Morgan fingerprint density at radius 1 is 1.28 bits per heavy atom. The number of nitrogens with zero attached hydrogens (tertiary/aromatic N) is 1. The maximum atomic E-state index is 6.36. The SMILES string of the molecule is Cc1c(O[C@@H]2CCC[C@H](NCCC(C)(C)C)C2)ccc2[nH]ncc12.Cl. The first-order valence-electron chi connectivity index (χ1n) is 9.25. The summed E-state index contributed by atoms with van der Waals surface area (Å²) in [4.78, 5) is 0. The predicted molar refractivity (Wildman–Crippen MR) is 107 cm³/mol. The van der Waals surface area contributed by atoms with E-state index in [2.05, 4.69) is 55.3 Å². The minimum Gasteiger partial charge on any atom is -0.490 e. The van der Waals surface area contributed by atoms with Gasteiger partial charge in [0, 0.05) is 17.0 Å². The van der Waals surface area contributed by atoms with Gasteiger partial charge in [-0.25, -0.2) is 0 Å². The van der Waals surface area contributed by atoms with Crippen molar-refractivity contribution in [1.29, 1.82) is 0 Å². The lowest BCUT2D eigenvalue weighted by Gasteiger charge is -2.31. The number of hydrogen-bond donors (Lipinski definition) is 2. The molecule has 0 unspecified atom stereocenters. The molecular weight excluding hydrogens is 334 g/mol. The molecule has 25 heavy (non-hydrogen) atoms. The van der Waals surface area contributed by atoms with Crippen LogP contribution in [0, 0.1) is 12.3 Å². The lowest BCUT2D eigenvalue weighted by Crippen LogP contribution is -2.39. The molecule has 1 saturated carbocycles. The van der Waals surface area contributed by atoms with Crippen molar-refractivity contribution >= 4 is 23.3 Å². The molecule has 1 aliphatic carbocycles. The number of fused-ring (bicyclic) bond motifs is 1. The summed E-state index contributed by atoms with van der Waals surface area (Å²) in [5, 5.41) is 12.0. The molecule has 0 aliphatic heterocycles. The smallest absolute Gasteiger partial charge is 0.123 e. The average Bonchev–Trinajstić information content (AvgIpc) is 2.99. The van der Waals surface area contributed by atoms with Crippen LogP contribution in [0.1, 0.15) is 58.4 Å². The Balaban J connectivity index is 0.00000225. The van der Waals surface area contributed by atoms with Gasteiger partial charge in [-0.1, -0.05) is 20.8 Å². The Bertz CT molecular complexity index is 677. The summed E-state index contributed by atoms with van der Waals surface area (Å²) in [5.74, 6) is 1.00. The van der Waals surface area contributed by atoms with Crippen molar-refractivity contribution in [2.24, 2.45) is 5.41 Å². The summed E-state index contributed by atoms with van der Waals surface area (Å²) in [7, 11) is 0. The van der Waals surface area contributed by atoms with Crippen LogP contribution in [0.2, 0.25) is 0 Å². The van der Waals surface area contributed by atoms with Gasteiger partial charge in [0.2, 0.25) is 0 Å². The van der Waals surface area contributed by atoms with Gasteiger partial charge < -0.3 is 10.1 Å². The standard InChI is InChI=1S/C20H31N3O.ClH/c1-14-17-13-22-23-18(17)8-9-19(14)24-16-7-5-6-15(12-16)21-11-10-20(2,3)4;/h8-9,13,15-16,21H,5-7,10-12H2,1-4H3,(H,22,23);1H/t15-,16+;/m0./s1. The number of ether oxygens (including phenoxy) is 1. The van der Waals surface area contributed by atoms with Gasteiger partial charge in [-0.3, -0.25) is 5.10 Å². The molecule has 0 amide bonds. The van der Waals surface area contributed by atoms with Crippen molar-refractivity contribution in [2.45, 2.75) is 71.9 Å². The predicted octanol–water partition coefficient (Wildman–Crippen LogP) is 5.01. The fraction of sp³-hybridized carbons (Fsp3) is 0.650. The molecule has 0 saturated heterocycles. The quantitative estimate of drug-likeness (QED) is 0.783. The van der Waals surface area contributed by atoms with E-state index in [1.165, 1.54) is 24.8 Å². The second-order valence-electron chi connectivity index (χ2n) is 8.39. The second kappa shape index (κ2) is 8.41. The number of hydrogen-bond acceptors (Lipinski definition) is 3. The number of benzene rings is 1. The van der Waals surface area contributed by atoms with E-state index < -0.39 is 0 Å². The Morgan fingerprint density at radius 2 is 2.08 bits per heavy atom. The lowest BCUT2D eigenvalue weighted by atomic mass is 9.90. The third kappa shape index (κ3) is 5.35. The fourth-order valence-electron chi connectivity index (χ4n) is 3.53. The average molecular weight is 366 g/mol. The number of nitrogens with one attached hydrogen (secondary N) is 2. The lowest BCUT2D eigenvalue weighted by molar-refractivity contribution is 0.133. The fourth-order valence-corrected chi connectivity index (χ4v) is 3.53. The molecule has 2 N–H and O–H groups in total. The molecule has 2 atom stereocenters. The summed E-state index contributed by atoms with van der Waals surface area (Å²) < 4.78 is 6.36. The Kier molecular flexibility index (Phi) is 6.75. The van der Waals surface area contributed by atoms with Gasteiger partial charge in [-0.15, -0.1) is 12.4 Å². The molecular formula is C20H32ClN3O. The monoisotopic (exact) mass is 365 g/mol. The van der Waals surface area contributed by atoms with Gasteiger partial charge in [-0.2, -0.15) is 5.10 Å². The van der Waals surface area contributed by atoms with Crippen LogP contribution in [0.3, 0.4) is 0 Å². The van der Waals surface area contributed by atoms with Crippen molar-refractivity contribution in [2.75, 3.05) is 6.54 Å². The summed E-state index contributed by atoms with van der Waals surface area (Å²) >= 11 is 0. The molecule has 2 aromatic rings. The second-order valence-corrected chi connectivity index (χ2v) is 8.39. The van der Waals surface area contributed by atoms with Crippen LogP contribution in [0.15, 0.2) is 18.3 Å². The molecule has 140 valence electrons. The Labute approximate surface area is 157 Å². The topological polar surface area (TPSA) is 49.9 Å². The van der Waals surface area contributed by atoms with Crippen LogP contribution in [-0.4, -0.2) is 28.9 Å². The van der Waals surface area contributed by atoms with Crippen molar-refractivity contribution in [1.82, 2.24) is 15.5 Å². The molecule has 3 rings (SSSR count). The third-order valence-corrected chi connectivity index (χ3v) is 5.07. The highest BCUT2D eigenvalue weighted by molar-refractivity contribution is 5.85. The third-order valence-electron chi connectivity index (χ3n) is 5.07. The zero-order valence-corrected chi connectivity index (χ0v) is 16.7. The molecule has 5 heteroatoms. The zero-order chi connectivity index (χ0) is 17.2. The van der Waals surface area contributed by atoms with E-state index in [1.54, 1.807) is 0 Å². The van der Waals surface area contributed by atoms with Crippen LogP contribution in [0.5, 0.6) is 5.75 Å². The summed E-state index contributed by atoms with van der Waals surface area (Å²) in [5.41, 5.74) is 2.66. The summed E-state index contributed by atoms with van der Waals surface area (Å²) in [6.45, 7) is 10.1. The van der Waals surface area contributed by atoms with E-state index in [-0.39, 0.29) is 12.4 Å². The first-order chi connectivity index (χ1) is 11.4. The van der Waals surface area contributed by atoms with E-state index in [0.29, 0.717) is 17.6 Å². The molecule has 1 aromatic heterocycles. The summed E-state index contributed by atoms with van der Waals surface area (Å²) in [6, 6.07) is 4.73. The van der Waals surface area contributed by atoms with Crippen molar-refractivity contribution < 1.29 is 4.74 Å². The van der Waals surface area contributed by atoms with Crippen molar-refractivity contribution in [3.8, 4) is 5.75 Å². The van der Waals surface area contributed by atoms with Gasteiger partial charge in [0.25, 0.3) is 0 Å². The van der Waals surface area contributed by atoms with Gasteiger partial charge in [0.1, 0.15) is 11.9 Å². The van der Waals surface area contributed by atoms with E-state index in [1.807, 2.05) is 6.20 Å². The molecule has 0 bridgehead atoms. The van der Waals surface area contributed by atoms with Crippen molar-refractivity contribution in [3.63, 3.8) is 0 Å². The number of rotatable bonds is 5. The normalized spacial score (nSPS) is 21.1. The molecule has 1 aliphatic rings. The highest BCUT2D eigenvalue weighted by atomic mass is 35.5. The molecule has 0 spiro atoms. The molecule has 1 fully saturated rings. The van der Waals surface area contributed by atoms with E-state index >= 15 is 0 Å². The molecule has 1 heterocycles. The largest absolute Gasteiger partial charge is 0.490 e. The highest BCUT2D eigenvalue weighted by Gasteiger charge is 2.24. The van der Waals surface area contributed by atoms with Crippen molar-refractivity contribution in [3.05, 3.63) is 23.9 Å². The maximum Gasteiger partial charge on any atom is 0.123 e. The molecule has 1 aromatic carbocycles. The Morgan fingerprint density at radius 3 is 2.84 bits per heavy atom. The Hall–Kier alpha value is -1.26.